The van der Waals surface area contributed by atoms with E-state index < -0.39 is 0 Å². The highest BCUT2D eigenvalue weighted by Gasteiger charge is 2.33. The molecule has 0 aliphatic heterocycles. The molecule has 0 N–H and O–H groups in total. The molecule has 0 bridgehead atoms. The molecule has 0 unspecified atom stereocenters. The molecule has 0 atom stereocenters. The van der Waals surface area contributed by atoms with Crippen molar-refractivity contribution < 1.29 is 0 Å². The van der Waals surface area contributed by atoms with Crippen LogP contribution in [0.15, 0.2) is 72.9 Å². The minimum Gasteiger partial charge on any atom is -0.292 e. The maximum absolute atomic E-state index is 5.15. The van der Waals surface area contributed by atoms with E-state index in [0.717, 1.165) is 5.65 Å². The van der Waals surface area contributed by atoms with E-state index in [2.05, 4.69) is 105 Å². The SMILES string of the molecule is CC1(C)CCC(c2cccc(C3CCC(C)(C)CC3)c2-c2cnc3c4ccccc4c4ccccc4n23)CC1. The van der Waals surface area contributed by atoms with Gasteiger partial charge in [0.25, 0.3) is 0 Å². The van der Waals surface area contributed by atoms with Crippen molar-refractivity contribution in [3.63, 3.8) is 0 Å². The number of hydrogen-bond donors (Lipinski definition) is 0. The topological polar surface area (TPSA) is 17.3 Å². The van der Waals surface area contributed by atoms with Crippen molar-refractivity contribution in [3.05, 3.63) is 84.1 Å². The summed E-state index contributed by atoms with van der Waals surface area (Å²) in [7, 11) is 0. The third-order valence-corrected chi connectivity index (χ3v) is 10.3. The zero-order chi connectivity index (χ0) is 26.8. The Balaban J connectivity index is 1.49. The molecule has 2 fully saturated rings. The van der Waals surface area contributed by atoms with E-state index in [1.54, 1.807) is 11.1 Å². The molecule has 3 aromatic carbocycles. The Hall–Kier alpha value is -3.13. The molecule has 2 aliphatic carbocycles. The highest BCUT2D eigenvalue weighted by molar-refractivity contribution is 6.12. The van der Waals surface area contributed by atoms with Gasteiger partial charge in [0.1, 0.15) is 5.65 Å². The molecule has 2 saturated carbocycles. The Morgan fingerprint density at radius 2 is 1.13 bits per heavy atom. The Morgan fingerprint density at radius 3 is 1.72 bits per heavy atom. The van der Waals surface area contributed by atoms with E-state index in [-0.39, 0.29) is 0 Å². The summed E-state index contributed by atoms with van der Waals surface area (Å²) in [5.74, 6) is 1.23. The quantitative estimate of drug-likeness (QED) is 0.219. The van der Waals surface area contributed by atoms with E-state index in [1.807, 2.05) is 0 Å². The summed E-state index contributed by atoms with van der Waals surface area (Å²) < 4.78 is 2.49. The van der Waals surface area contributed by atoms with Gasteiger partial charge in [-0.05, 0) is 96.6 Å². The molecule has 0 radical (unpaired) electrons. The van der Waals surface area contributed by atoms with Gasteiger partial charge in [0, 0.05) is 16.3 Å². The van der Waals surface area contributed by atoms with Crippen molar-refractivity contribution in [2.24, 2.45) is 10.8 Å². The Morgan fingerprint density at radius 1 is 0.615 bits per heavy atom. The first kappa shape index (κ1) is 24.9. The number of pyridine rings is 1. The average molecular weight is 515 g/mol. The molecule has 0 saturated heterocycles. The van der Waals surface area contributed by atoms with Crippen LogP contribution in [0, 0.1) is 10.8 Å². The molecule has 2 aliphatic rings. The fraction of sp³-hybridized carbons (Fsp3) is 0.432. The van der Waals surface area contributed by atoms with Gasteiger partial charge in [0.2, 0.25) is 0 Å². The number of para-hydroxylation sites is 1. The van der Waals surface area contributed by atoms with Gasteiger partial charge in [-0.1, -0.05) is 88.4 Å². The Bertz CT molecular complexity index is 1620. The van der Waals surface area contributed by atoms with Gasteiger partial charge < -0.3 is 0 Å². The Kier molecular flexibility index (Phi) is 5.88. The summed E-state index contributed by atoms with van der Waals surface area (Å²) in [6.45, 7) is 9.80. The largest absolute Gasteiger partial charge is 0.292 e. The molecule has 200 valence electrons. The van der Waals surface area contributed by atoms with E-state index in [0.29, 0.717) is 22.7 Å². The molecule has 0 amide bonds. The van der Waals surface area contributed by atoms with Gasteiger partial charge >= 0.3 is 0 Å². The smallest absolute Gasteiger partial charge is 0.145 e. The van der Waals surface area contributed by atoms with Crippen molar-refractivity contribution in [3.8, 4) is 11.3 Å². The molecule has 0 spiro atoms. The van der Waals surface area contributed by atoms with Gasteiger partial charge in [0.05, 0.1) is 17.4 Å². The fourth-order valence-corrected chi connectivity index (χ4v) is 7.76. The van der Waals surface area contributed by atoms with E-state index in [9.17, 15) is 0 Å². The lowest BCUT2D eigenvalue weighted by Gasteiger charge is -2.37. The summed E-state index contributed by atoms with van der Waals surface area (Å²) in [6, 6.07) is 25.0. The van der Waals surface area contributed by atoms with Crippen LogP contribution in [0.2, 0.25) is 0 Å². The molecular weight excluding hydrogens is 472 g/mol. The number of nitrogens with zero attached hydrogens (tertiary/aromatic N) is 2. The monoisotopic (exact) mass is 514 g/mol. The summed E-state index contributed by atoms with van der Waals surface area (Å²) >= 11 is 0. The Labute approximate surface area is 233 Å². The minimum atomic E-state index is 0.460. The molecule has 2 nitrogen and oxygen atoms in total. The van der Waals surface area contributed by atoms with E-state index in [1.165, 1.54) is 84.3 Å². The van der Waals surface area contributed by atoms with Crippen molar-refractivity contribution in [2.75, 3.05) is 0 Å². The molecular formula is C37H42N2. The lowest BCUT2D eigenvalue weighted by molar-refractivity contribution is 0.222. The summed E-state index contributed by atoms with van der Waals surface area (Å²) in [6.07, 6.45) is 12.5. The van der Waals surface area contributed by atoms with Crippen molar-refractivity contribution in [2.45, 2.75) is 90.9 Å². The maximum Gasteiger partial charge on any atom is 0.145 e. The third kappa shape index (κ3) is 4.28. The van der Waals surface area contributed by atoms with E-state index in [4.69, 9.17) is 4.98 Å². The zero-order valence-electron chi connectivity index (χ0n) is 24.1. The normalized spacial score (nSPS) is 20.2. The van der Waals surface area contributed by atoms with Crippen molar-refractivity contribution in [1.29, 1.82) is 0 Å². The summed E-state index contributed by atoms with van der Waals surface area (Å²) in [4.78, 5) is 5.15. The molecule has 7 rings (SSSR count). The molecule has 2 aromatic heterocycles. The first-order valence-electron chi connectivity index (χ1n) is 15.2. The van der Waals surface area contributed by atoms with Crippen LogP contribution >= 0.6 is 0 Å². The number of rotatable bonds is 3. The fourth-order valence-electron chi connectivity index (χ4n) is 7.76. The van der Waals surface area contributed by atoms with Crippen LogP contribution in [-0.4, -0.2) is 9.38 Å². The second kappa shape index (κ2) is 9.22. The number of aromatic nitrogens is 2. The predicted molar refractivity (Wildman–Crippen MR) is 166 cm³/mol. The highest BCUT2D eigenvalue weighted by Crippen LogP contribution is 2.50. The first-order valence-corrected chi connectivity index (χ1v) is 15.2. The van der Waals surface area contributed by atoms with Crippen LogP contribution in [0.4, 0.5) is 0 Å². The standard InChI is InChI=1S/C37H42N2/c1-36(2)20-16-25(17-21-36)27-13-9-14-28(26-18-22-37(3,4)23-19-26)34(27)33-24-38-35-31-12-6-5-10-29(31)30-11-7-8-15-32(30)39(33)35/h5-15,24-26H,16-23H2,1-4H3. The van der Waals surface area contributed by atoms with Gasteiger partial charge in [-0.15, -0.1) is 0 Å². The first-order chi connectivity index (χ1) is 18.8. The lowest BCUT2D eigenvalue weighted by Crippen LogP contribution is -2.22. The second-order valence-electron chi connectivity index (χ2n) is 14.1. The predicted octanol–water partition coefficient (Wildman–Crippen LogP) is 10.7. The van der Waals surface area contributed by atoms with Crippen molar-refractivity contribution >= 4 is 27.3 Å². The van der Waals surface area contributed by atoms with Crippen molar-refractivity contribution in [1.82, 2.24) is 9.38 Å². The van der Waals surface area contributed by atoms with Crippen LogP contribution in [0.25, 0.3) is 38.6 Å². The molecule has 5 aromatic rings. The van der Waals surface area contributed by atoms with Crippen LogP contribution in [0.1, 0.15) is 102 Å². The van der Waals surface area contributed by atoms with Gasteiger partial charge in [-0.3, -0.25) is 4.40 Å². The summed E-state index contributed by atoms with van der Waals surface area (Å²) in [5.41, 5.74) is 9.15. The van der Waals surface area contributed by atoms with Crippen LogP contribution in [0.5, 0.6) is 0 Å². The highest BCUT2D eigenvalue weighted by atomic mass is 15.0. The van der Waals surface area contributed by atoms with Crippen LogP contribution in [0.3, 0.4) is 0 Å². The third-order valence-electron chi connectivity index (χ3n) is 10.3. The second-order valence-corrected chi connectivity index (χ2v) is 14.1. The maximum atomic E-state index is 5.15. The van der Waals surface area contributed by atoms with Crippen LogP contribution in [-0.2, 0) is 0 Å². The van der Waals surface area contributed by atoms with Gasteiger partial charge in [-0.25, -0.2) is 4.98 Å². The molecule has 2 heteroatoms. The van der Waals surface area contributed by atoms with Crippen LogP contribution < -0.4 is 0 Å². The summed E-state index contributed by atoms with van der Waals surface area (Å²) in [5, 5.41) is 3.83. The lowest BCUT2D eigenvalue weighted by atomic mass is 9.68. The zero-order valence-corrected chi connectivity index (χ0v) is 24.1. The number of imidazole rings is 1. The number of fused-ring (bicyclic) bond motifs is 6. The average Bonchev–Trinajstić information content (AvgIpc) is 3.38. The minimum absolute atomic E-state index is 0.460. The molecule has 2 heterocycles. The van der Waals surface area contributed by atoms with Gasteiger partial charge in [0.15, 0.2) is 0 Å². The van der Waals surface area contributed by atoms with E-state index >= 15 is 0 Å². The number of benzene rings is 3. The van der Waals surface area contributed by atoms with Gasteiger partial charge in [-0.2, -0.15) is 0 Å². The number of hydrogen-bond acceptors (Lipinski definition) is 1. The molecule has 39 heavy (non-hydrogen) atoms.